The Balaban J connectivity index is 2.08. The number of benzene rings is 1. The van der Waals surface area contributed by atoms with Crippen molar-refractivity contribution in [2.75, 3.05) is 5.32 Å². The fourth-order valence-corrected chi connectivity index (χ4v) is 1.89. The minimum absolute atomic E-state index is 0.224. The first-order valence-corrected chi connectivity index (χ1v) is 7.25. The molecule has 0 spiro atoms. The second kappa shape index (κ2) is 6.13. The number of nitrogens with one attached hydrogen (secondary N) is 2. The van der Waals surface area contributed by atoms with Crippen LogP contribution < -0.4 is 10.6 Å². The van der Waals surface area contributed by atoms with E-state index in [1.165, 1.54) is 11.1 Å². The lowest BCUT2D eigenvalue weighted by Crippen LogP contribution is -2.41. The number of nitrogens with zero attached hydrogens (tertiary/aromatic N) is 2. The third-order valence-corrected chi connectivity index (χ3v) is 3.17. The fraction of sp³-hybridized carbons (Fsp3) is 0.353. The van der Waals surface area contributed by atoms with Crippen LogP contribution in [0.1, 0.15) is 42.4 Å². The van der Waals surface area contributed by atoms with Gasteiger partial charge in [0.05, 0.1) is 0 Å². The van der Waals surface area contributed by atoms with Gasteiger partial charge in [-0.3, -0.25) is 4.79 Å². The van der Waals surface area contributed by atoms with Crippen LogP contribution in [0.25, 0.3) is 0 Å². The first kappa shape index (κ1) is 15.9. The molecular weight excluding hydrogens is 276 g/mol. The summed E-state index contributed by atoms with van der Waals surface area (Å²) in [6.45, 7) is 9.91. The summed E-state index contributed by atoms with van der Waals surface area (Å²) in [5.74, 6) is 0.383. The van der Waals surface area contributed by atoms with E-state index in [0.29, 0.717) is 11.5 Å². The molecule has 0 saturated heterocycles. The molecule has 1 aromatic heterocycles. The standard InChI is InChI=1S/C17H22N4O/c1-11-6-7-13(10-12(11)2)18-15-9-8-14(20-21-15)16(22)19-17(3,4)5/h6-10H,1-5H3,(H,18,21)(H,19,22). The molecule has 0 atom stereocenters. The number of hydrogen-bond acceptors (Lipinski definition) is 4. The van der Waals surface area contributed by atoms with Crippen molar-refractivity contribution in [3.05, 3.63) is 47.2 Å². The quantitative estimate of drug-likeness (QED) is 0.911. The van der Waals surface area contributed by atoms with Crippen molar-refractivity contribution in [1.82, 2.24) is 15.5 Å². The van der Waals surface area contributed by atoms with Gasteiger partial charge >= 0.3 is 0 Å². The highest BCUT2D eigenvalue weighted by Gasteiger charge is 2.16. The van der Waals surface area contributed by atoms with Crippen molar-refractivity contribution in [3.8, 4) is 0 Å². The van der Waals surface area contributed by atoms with Gasteiger partial charge in [-0.2, -0.15) is 0 Å². The largest absolute Gasteiger partial charge is 0.346 e. The number of rotatable bonds is 3. The van der Waals surface area contributed by atoms with Crippen LogP contribution in [0.15, 0.2) is 30.3 Å². The summed E-state index contributed by atoms with van der Waals surface area (Å²) in [5.41, 5.74) is 3.41. The Morgan fingerprint density at radius 2 is 1.73 bits per heavy atom. The van der Waals surface area contributed by atoms with E-state index in [2.05, 4.69) is 46.8 Å². The van der Waals surface area contributed by atoms with Crippen molar-refractivity contribution in [1.29, 1.82) is 0 Å². The monoisotopic (exact) mass is 298 g/mol. The predicted octanol–water partition coefficient (Wildman–Crippen LogP) is 3.37. The van der Waals surface area contributed by atoms with E-state index in [4.69, 9.17) is 0 Å². The van der Waals surface area contributed by atoms with Gasteiger partial charge in [0, 0.05) is 11.2 Å². The zero-order chi connectivity index (χ0) is 16.3. The molecule has 0 bridgehead atoms. The zero-order valence-corrected chi connectivity index (χ0v) is 13.7. The van der Waals surface area contributed by atoms with Gasteiger partial charge in [-0.25, -0.2) is 0 Å². The molecule has 0 aliphatic heterocycles. The minimum Gasteiger partial charge on any atom is -0.346 e. The third kappa shape index (κ3) is 4.28. The maximum Gasteiger partial charge on any atom is 0.272 e. The second-order valence-corrected chi connectivity index (χ2v) is 6.43. The third-order valence-electron chi connectivity index (χ3n) is 3.17. The maximum atomic E-state index is 12.0. The number of anilines is 2. The zero-order valence-electron chi connectivity index (χ0n) is 13.7. The van der Waals surface area contributed by atoms with Crippen molar-refractivity contribution >= 4 is 17.4 Å². The molecule has 116 valence electrons. The number of carbonyl (C=O) groups excluding carboxylic acids is 1. The highest BCUT2D eigenvalue weighted by atomic mass is 16.2. The van der Waals surface area contributed by atoms with E-state index in [0.717, 1.165) is 5.69 Å². The Morgan fingerprint density at radius 1 is 1.00 bits per heavy atom. The molecule has 22 heavy (non-hydrogen) atoms. The van der Waals surface area contributed by atoms with Gasteiger partial charge in [0.25, 0.3) is 5.91 Å². The number of carbonyl (C=O) groups is 1. The van der Waals surface area contributed by atoms with Gasteiger partial charge in [-0.15, -0.1) is 10.2 Å². The van der Waals surface area contributed by atoms with Gasteiger partial charge in [0.1, 0.15) is 0 Å². The van der Waals surface area contributed by atoms with Crippen LogP contribution in [0.4, 0.5) is 11.5 Å². The molecule has 0 fully saturated rings. The molecule has 0 aliphatic carbocycles. The lowest BCUT2D eigenvalue weighted by Gasteiger charge is -2.19. The average molecular weight is 298 g/mol. The second-order valence-electron chi connectivity index (χ2n) is 6.43. The van der Waals surface area contributed by atoms with Gasteiger partial charge < -0.3 is 10.6 Å². The number of aromatic nitrogens is 2. The molecule has 2 rings (SSSR count). The van der Waals surface area contributed by atoms with Crippen LogP contribution in [0, 0.1) is 13.8 Å². The molecule has 1 aromatic carbocycles. The van der Waals surface area contributed by atoms with E-state index < -0.39 is 0 Å². The average Bonchev–Trinajstić information content (AvgIpc) is 2.42. The maximum absolute atomic E-state index is 12.0. The summed E-state index contributed by atoms with van der Waals surface area (Å²) in [6, 6.07) is 9.51. The highest BCUT2D eigenvalue weighted by Crippen LogP contribution is 2.18. The summed E-state index contributed by atoms with van der Waals surface area (Å²) in [6.07, 6.45) is 0. The Hall–Kier alpha value is -2.43. The van der Waals surface area contributed by atoms with Crippen molar-refractivity contribution in [2.24, 2.45) is 0 Å². The first-order chi connectivity index (χ1) is 10.2. The minimum atomic E-state index is -0.297. The molecule has 2 N–H and O–H groups in total. The number of hydrogen-bond donors (Lipinski definition) is 2. The van der Waals surface area contributed by atoms with Crippen LogP contribution in [-0.2, 0) is 0 Å². The predicted molar refractivity (Wildman–Crippen MR) is 88.4 cm³/mol. The fourth-order valence-electron chi connectivity index (χ4n) is 1.89. The van der Waals surface area contributed by atoms with Crippen LogP contribution in [0.5, 0.6) is 0 Å². The van der Waals surface area contributed by atoms with E-state index in [1.54, 1.807) is 12.1 Å². The van der Waals surface area contributed by atoms with E-state index in [1.807, 2.05) is 26.8 Å². The molecule has 1 heterocycles. The van der Waals surface area contributed by atoms with Crippen LogP contribution in [0.3, 0.4) is 0 Å². The molecule has 2 aromatic rings. The topological polar surface area (TPSA) is 66.9 Å². The summed E-state index contributed by atoms with van der Waals surface area (Å²) >= 11 is 0. The van der Waals surface area contributed by atoms with E-state index in [-0.39, 0.29) is 11.4 Å². The normalized spacial score (nSPS) is 11.1. The lowest BCUT2D eigenvalue weighted by molar-refractivity contribution is 0.0913. The number of amides is 1. The van der Waals surface area contributed by atoms with E-state index in [9.17, 15) is 4.79 Å². The van der Waals surface area contributed by atoms with Crippen molar-refractivity contribution in [2.45, 2.75) is 40.2 Å². The molecule has 1 amide bonds. The molecule has 5 heteroatoms. The smallest absolute Gasteiger partial charge is 0.272 e. The molecular formula is C17H22N4O. The van der Waals surface area contributed by atoms with Gasteiger partial charge in [-0.1, -0.05) is 6.07 Å². The van der Waals surface area contributed by atoms with E-state index >= 15 is 0 Å². The highest BCUT2D eigenvalue weighted by molar-refractivity contribution is 5.92. The molecule has 0 unspecified atom stereocenters. The molecule has 0 radical (unpaired) electrons. The lowest BCUT2D eigenvalue weighted by atomic mass is 10.1. The van der Waals surface area contributed by atoms with Crippen LogP contribution in [-0.4, -0.2) is 21.6 Å². The Kier molecular flexibility index (Phi) is 4.45. The van der Waals surface area contributed by atoms with Crippen molar-refractivity contribution in [3.63, 3.8) is 0 Å². The van der Waals surface area contributed by atoms with Gasteiger partial charge in [0.2, 0.25) is 0 Å². The molecule has 0 saturated carbocycles. The Bertz CT molecular complexity index is 672. The molecule has 0 aliphatic rings. The van der Waals surface area contributed by atoms with Gasteiger partial charge in [-0.05, 0) is 70.0 Å². The van der Waals surface area contributed by atoms with Gasteiger partial charge in [0.15, 0.2) is 11.5 Å². The van der Waals surface area contributed by atoms with Crippen LogP contribution in [0.2, 0.25) is 0 Å². The SMILES string of the molecule is Cc1ccc(Nc2ccc(C(=O)NC(C)(C)C)nn2)cc1C. The van der Waals surface area contributed by atoms with Crippen LogP contribution >= 0.6 is 0 Å². The summed E-state index contributed by atoms with van der Waals surface area (Å²) in [4.78, 5) is 12.0. The summed E-state index contributed by atoms with van der Waals surface area (Å²) < 4.78 is 0. The summed E-state index contributed by atoms with van der Waals surface area (Å²) in [7, 11) is 0. The van der Waals surface area contributed by atoms with Crippen molar-refractivity contribution < 1.29 is 4.79 Å². The molecule has 5 nitrogen and oxygen atoms in total. The first-order valence-electron chi connectivity index (χ1n) is 7.25. The number of aryl methyl sites for hydroxylation is 2. The Morgan fingerprint density at radius 3 is 2.27 bits per heavy atom. The summed E-state index contributed by atoms with van der Waals surface area (Å²) in [5, 5.41) is 14.1. The Labute approximate surface area is 131 Å².